The van der Waals surface area contributed by atoms with Crippen LogP contribution in [-0.4, -0.2) is 47.6 Å². The molecule has 4 nitrogen and oxygen atoms in total. The molecule has 0 fully saturated rings. The van der Waals surface area contributed by atoms with Crippen LogP contribution in [0.1, 0.15) is 0 Å². The molecule has 88 valence electrons. The Hall–Kier alpha value is -1.41. The van der Waals surface area contributed by atoms with Crippen molar-refractivity contribution < 1.29 is 36.6 Å². The van der Waals surface area contributed by atoms with Crippen LogP contribution in [0, 0.1) is 0 Å². The van der Waals surface area contributed by atoms with E-state index in [1.54, 1.807) is 0 Å². The third kappa shape index (κ3) is 5.13. The molecule has 0 heterocycles. The zero-order chi connectivity index (χ0) is 12.2. The second kappa shape index (κ2) is 4.89. The summed E-state index contributed by atoms with van der Waals surface area (Å²) in [6, 6.07) is 0. The van der Waals surface area contributed by atoms with Gasteiger partial charge in [-0.1, -0.05) is 0 Å². The number of aliphatic carboxylic acids is 1. The van der Waals surface area contributed by atoms with Gasteiger partial charge in [-0.25, -0.2) is 8.78 Å². The first-order chi connectivity index (χ1) is 6.64. The van der Waals surface area contributed by atoms with Gasteiger partial charge in [-0.15, -0.1) is 0 Å². The fraction of sp³-hybridized carbons (Fsp3) is 0.667. The number of carboxylic acid groups (broad SMARTS) is 1. The molecule has 0 unspecified atom stereocenters. The molecule has 0 spiro atoms. The molecule has 0 aromatic heterocycles. The predicted molar refractivity (Wildman–Crippen MR) is 36.3 cm³/mol. The quantitative estimate of drug-likeness (QED) is 0.730. The molecule has 0 saturated heterocycles. The first-order valence-electron chi connectivity index (χ1n) is 3.50. The smallest absolute Gasteiger partial charge is 0.471 e. The Morgan fingerprint density at radius 3 is 2.00 bits per heavy atom. The van der Waals surface area contributed by atoms with E-state index in [1.807, 2.05) is 0 Å². The van der Waals surface area contributed by atoms with E-state index in [-0.39, 0.29) is 0 Å². The summed E-state index contributed by atoms with van der Waals surface area (Å²) >= 11 is 0. The van der Waals surface area contributed by atoms with E-state index in [1.165, 1.54) is 0 Å². The van der Waals surface area contributed by atoms with Gasteiger partial charge in [0.25, 0.3) is 6.43 Å². The molecular formula is C6H6F5NO3. The van der Waals surface area contributed by atoms with Crippen molar-refractivity contribution in [1.29, 1.82) is 0 Å². The molecule has 0 saturated carbocycles. The highest BCUT2D eigenvalue weighted by Crippen LogP contribution is 2.18. The van der Waals surface area contributed by atoms with E-state index in [9.17, 15) is 31.5 Å². The number of hydrogen-bond acceptors (Lipinski definition) is 2. The molecule has 1 N–H and O–H groups in total. The standard InChI is InChI=1S/C6H6F5NO3/c7-3(8)1-12(2-4(13)14)5(15)6(9,10)11/h3H,1-2H2,(H,13,14). The Bertz CT molecular complexity index is 252. The van der Waals surface area contributed by atoms with Crippen molar-refractivity contribution in [3.8, 4) is 0 Å². The van der Waals surface area contributed by atoms with Gasteiger partial charge in [0, 0.05) is 0 Å². The van der Waals surface area contributed by atoms with Crippen molar-refractivity contribution in [2.75, 3.05) is 13.1 Å². The maximum atomic E-state index is 11.8. The molecule has 0 aliphatic rings. The second-order valence-corrected chi connectivity index (χ2v) is 2.47. The lowest BCUT2D eigenvalue weighted by molar-refractivity contribution is -0.188. The lowest BCUT2D eigenvalue weighted by Gasteiger charge is -2.21. The third-order valence-electron chi connectivity index (χ3n) is 1.21. The summed E-state index contributed by atoms with van der Waals surface area (Å²) in [6.45, 7) is -2.98. The zero-order valence-electron chi connectivity index (χ0n) is 7.09. The average Bonchev–Trinajstić information content (AvgIpc) is 1.98. The average molecular weight is 235 g/mol. The van der Waals surface area contributed by atoms with Crippen LogP contribution in [0.5, 0.6) is 0 Å². The van der Waals surface area contributed by atoms with Crippen molar-refractivity contribution in [3.63, 3.8) is 0 Å². The van der Waals surface area contributed by atoms with E-state index in [0.717, 1.165) is 0 Å². The van der Waals surface area contributed by atoms with Gasteiger partial charge in [-0.2, -0.15) is 13.2 Å². The maximum Gasteiger partial charge on any atom is 0.471 e. The highest BCUT2D eigenvalue weighted by atomic mass is 19.4. The lowest BCUT2D eigenvalue weighted by Crippen LogP contribution is -2.45. The summed E-state index contributed by atoms with van der Waals surface area (Å²) < 4.78 is 58.8. The van der Waals surface area contributed by atoms with Crippen molar-refractivity contribution in [2.24, 2.45) is 0 Å². The fourth-order valence-corrected chi connectivity index (χ4v) is 0.728. The monoisotopic (exact) mass is 235 g/mol. The van der Waals surface area contributed by atoms with Crippen LogP contribution in [0.2, 0.25) is 0 Å². The van der Waals surface area contributed by atoms with Crippen molar-refractivity contribution in [1.82, 2.24) is 4.90 Å². The molecule has 0 rings (SSSR count). The number of nitrogens with zero attached hydrogens (tertiary/aromatic N) is 1. The number of amides is 1. The number of carbonyl (C=O) groups excluding carboxylic acids is 1. The summed E-state index contributed by atoms with van der Waals surface area (Å²) in [7, 11) is 0. The molecule has 0 aliphatic carbocycles. The largest absolute Gasteiger partial charge is 0.480 e. The lowest BCUT2D eigenvalue weighted by atomic mass is 10.4. The Kier molecular flexibility index (Phi) is 4.43. The van der Waals surface area contributed by atoms with Gasteiger partial charge in [0.1, 0.15) is 6.54 Å². The number of hydrogen-bond donors (Lipinski definition) is 1. The minimum atomic E-state index is -5.36. The highest BCUT2D eigenvalue weighted by molar-refractivity contribution is 5.85. The number of alkyl halides is 5. The number of rotatable bonds is 4. The van der Waals surface area contributed by atoms with Crippen LogP contribution >= 0.6 is 0 Å². The fourth-order valence-electron chi connectivity index (χ4n) is 0.728. The molecule has 1 amide bonds. The van der Waals surface area contributed by atoms with Crippen molar-refractivity contribution in [3.05, 3.63) is 0 Å². The van der Waals surface area contributed by atoms with Crippen LogP contribution in [0.15, 0.2) is 0 Å². The summed E-state index contributed by atoms with van der Waals surface area (Å²) in [5.74, 6) is -4.39. The van der Waals surface area contributed by atoms with Crippen molar-refractivity contribution in [2.45, 2.75) is 12.6 Å². The first-order valence-corrected chi connectivity index (χ1v) is 3.50. The highest BCUT2D eigenvalue weighted by Gasteiger charge is 2.43. The zero-order valence-corrected chi connectivity index (χ0v) is 7.09. The minimum Gasteiger partial charge on any atom is -0.480 e. The molecule has 15 heavy (non-hydrogen) atoms. The van der Waals surface area contributed by atoms with Crippen LogP contribution in [0.3, 0.4) is 0 Å². The van der Waals surface area contributed by atoms with E-state index < -0.39 is 42.5 Å². The van der Waals surface area contributed by atoms with Gasteiger partial charge in [0.05, 0.1) is 6.54 Å². The van der Waals surface area contributed by atoms with E-state index in [2.05, 4.69) is 0 Å². The van der Waals surface area contributed by atoms with E-state index in [4.69, 9.17) is 5.11 Å². The summed E-state index contributed by atoms with van der Waals surface area (Å²) in [5, 5.41) is 8.11. The van der Waals surface area contributed by atoms with Crippen molar-refractivity contribution >= 4 is 11.9 Å². The first kappa shape index (κ1) is 13.6. The summed E-state index contributed by atoms with van der Waals surface area (Å²) in [4.78, 5) is 20.0. The molecule has 9 heteroatoms. The van der Waals surface area contributed by atoms with Gasteiger partial charge in [-0.3, -0.25) is 9.59 Å². The number of halogens is 5. The van der Waals surface area contributed by atoms with Gasteiger partial charge < -0.3 is 10.0 Å². The Balaban J connectivity index is 4.62. The van der Waals surface area contributed by atoms with E-state index >= 15 is 0 Å². The molecule has 0 atom stereocenters. The molecule has 0 bridgehead atoms. The predicted octanol–water partition coefficient (Wildman–Crippen LogP) is 0.727. The van der Waals surface area contributed by atoms with Gasteiger partial charge in [-0.05, 0) is 0 Å². The molecule has 0 radical (unpaired) electrons. The topological polar surface area (TPSA) is 57.6 Å². The van der Waals surface area contributed by atoms with Crippen LogP contribution in [0.25, 0.3) is 0 Å². The van der Waals surface area contributed by atoms with Gasteiger partial charge in [0.15, 0.2) is 0 Å². The Labute approximate surface area is 80.3 Å². The second-order valence-electron chi connectivity index (χ2n) is 2.47. The normalized spacial score (nSPS) is 11.6. The van der Waals surface area contributed by atoms with Crippen LogP contribution < -0.4 is 0 Å². The third-order valence-corrected chi connectivity index (χ3v) is 1.21. The minimum absolute atomic E-state index is 0.465. The van der Waals surface area contributed by atoms with E-state index in [0.29, 0.717) is 0 Å². The SMILES string of the molecule is O=C(O)CN(CC(F)F)C(=O)C(F)(F)F. The Morgan fingerprint density at radius 1 is 1.27 bits per heavy atom. The Morgan fingerprint density at radius 2 is 1.73 bits per heavy atom. The summed E-state index contributed by atoms with van der Waals surface area (Å²) in [5.41, 5.74) is 0. The number of carboxylic acids is 1. The molecule has 0 aromatic carbocycles. The van der Waals surface area contributed by atoms with Crippen LogP contribution in [-0.2, 0) is 9.59 Å². The molecular weight excluding hydrogens is 229 g/mol. The molecule has 0 aromatic rings. The maximum absolute atomic E-state index is 11.8. The van der Waals surface area contributed by atoms with Crippen LogP contribution in [0.4, 0.5) is 22.0 Å². The van der Waals surface area contributed by atoms with Gasteiger partial charge in [0.2, 0.25) is 0 Å². The number of carbonyl (C=O) groups is 2. The molecule has 0 aliphatic heterocycles. The van der Waals surface area contributed by atoms with Gasteiger partial charge >= 0.3 is 18.1 Å². The summed E-state index contributed by atoms with van der Waals surface area (Å²) in [6.07, 6.45) is -8.58.